The molecule has 0 fully saturated rings. The van der Waals surface area contributed by atoms with E-state index in [9.17, 15) is 14.7 Å². The zero-order valence-electron chi connectivity index (χ0n) is 13.9. The van der Waals surface area contributed by atoms with Crippen molar-refractivity contribution in [3.8, 4) is 0 Å². The van der Waals surface area contributed by atoms with Gasteiger partial charge < -0.3 is 9.52 Å². The quantitative estimate of drug-likeness (QED) is 0.828. The van der Waals surface area contributed by atoms with E-state index < -0.39 is 17.8 Å². The third-order valence-corrected chi connectivity index (χ3v) is 6.31. The number of nitrogens with zero attached hydrogens (tertiary/aromatic N) is 1. The molecule has 1 aliphatic carbocycles. The van der Waals surface area contributed by atoms with Crippen molar-refractivity contribution in [1.29, 1.82) is 0 Å². The number of carboxylic acid groups (broad SMARTS) is 1. The highest BCUT2D eigenvalue weighted by atomic mass is 35.5. The number of rotatable bonds is 3. The summed E-state index contributed by atoms with van der Waals surface area (Å²) in [4.78, 5) is 30.2. The Morgan fingerprint density at radius 1 is 1.35 bits per heavy atom. The fraction of sp³-hybridized carbons (Fsp3) is 0.316. The van der Waals surface area contributed by atoms with Crippen LogP contribution in [0, 0.1) is 5.92 Å². The lowest BCUT2D eigenvalue weighted by molar-refractivity contribution is -0.139. The van der Waals surface area contributed by atoms with Crippen molar-refractivity contribution in [1.82, 2.24) is 0 Å². The molecule has 2 aromatic heterocycles. The van der Waals surface area contributed by atoms with Crippen LogP contribution < -0.4 is 0 Å². The largest absolute Gasteiger partial charge is 0.481 e. The number of furan rings is 1. The number of thiophene rings is 1. The molecule has 0 bridgehead atoms. The molecule has 3 heterocycles. The van der Waals surface area contributed by atoms with Gasteiger partial charge >= 0.3 is 5.97 Å². The number of carboxylic acids is 1. The van der Waals surface area contributed by atoms with Crippen LogP contribution in [0.25, 0.3) is 0 Å². The van der Waals surface area contributed by atoms with Gasteiger partial charge in [0, 0.05) is 46.5 Å². The van der Waals surface area contributed by atoms with Gasteiger partial charge in [-0.3, -0.25) is 14.6 Å². The Morgan fingerprint density at radius 2 is 2.15 bits per heavy atom. The highest BCUT2D eigenvalue weighted by molar-refractivity contribution is 7.16. The van der Waals surface area contributed by atoms with E-state index in [2.05, 4.69) is 4.99 Å². The van der Waals surface area contributed by atoms with Gasteiger partial charge in [-0.15, -0.1) is 11.3 Å². The summed E-state index contributed by atoms with van der Waals surface area (Å²) in [6, 6.07) is 7.21. The molecule has 0 aromatic carbocycles. The lowest BCUT2D eigenvalue weighted by Crippen LogP contribution is -2.36. The van der Waals surface area contributed by atoms with Gasteiger partial charge in [-0.2, -0.15) is 0 Å². The van der Waals surface area contributed by atoms with Crippen LogP contribution in [0.3, 0.4) is 0 Å². The Labute approximate surface area is 159 Å². The van der Waals surface area contributed by atoms with E-state index in [0.717, 1.165) is 10.6 Å². The van der Waals surface area contributed by atoms with E-state index in [1.54, 1.807) is 25.3 Å². The van der Waals surface area contributed by atoms with Crippen molar-refractivity contribution in [2.24, 2.45) is 10.9 Å². The average Bonchev–Trinajstić information content (AvgIpc) is 3.24. The molecule has 1 N–H and O–H groups in total. The van der Waals surface area contributed by atoms with Crippen molar-refractivity contribution >= 4 is 40.4 Å². The van der Waals surface area contributed by atoms with Crippen molar-refractivity contribution in [3.63, 3.8) is 0 Å². The fourth-order valence-electron chi connectivity index (χ4n) is 3.91. The zero-order chi connectivity index (χ0) is 18.4. The maximum atomic E-state index is 13.0. The first-order valence-corrected chi connectivity index (χ1v) is 9.48. The summed E-state index contributed by atoms with van der Waals surface area (Å²) in [5.74, 6) is -1.75. The number of carbonyl (C=O) groups is 2. The highest BCUT2D eigenvalue weighted by Gasteiger charge is 2.45. The smallest absolute Gasteiger partial charge is 0.313 e. The summed E-state index contributed by atoms with van der Waals surface area (Å²) in [5.41, 5.74) is 1.70. The van der Waals surface area contributed by atoms with Crippen molar-refractivity contribution in [2.45, 2.75) is 31.6 Å². The number of hydrogen-bond acceptors (Lipinski definition) is 5. The summed E-state index contributed by atoms with van der Waals surface area (Å²) in [6.45, 7) is 1.71. The van der Waals surface area contributed by atoms with E-state index in [1.807, 2.05) is 12.1 Å². The summed E-state index contributed by atoms with van der Waals surface area (Å²) >= 11 is 7.39. The third-order valence-electron chi connectivity index (χ3n) is 5.00. The average molecular weight is 390 g/mol. The molecule has 2 aliphatic rings. The van der Waals surface area contributed by atoms with Crippen molar-refractivity contribution in [2.75, 3.05) is 0 Å². The first-order chi connectivity index (χ1) is 12.5. The van der Waals surface area contributed by atoms with E-state index in [1.165, 1.54) is 11.3 Å². The lowest BCUT2D eigenvalue weighted by atomic mass is 9.72. The Kier molecular flexibility index (Phi) is 4.32. The lowest BCUT2D eigenvalue weighted by Gasteiger charge is -2.34. The van der Waals surface area contributed by atoms with Gasteiger partial charge in [0.15, 0.2) is 5.78 Å². The van der Waals surface area contributed by atoms with Crippen LogP contribution in [0.5, 0.6) is 0 Å². The van der Waals surface area contributed by atoms with E-state index in [-0.39, 0.29) is 11.7 Å². The van der Waals surface area contributed by atoms with Crippen molar-refractivity contribution in [3.05, 3.63) is 56.8 Å². The number of ketones is 1. The molecule has 0 radical (unpaired) electrons. The van der Waals surface area contributed by atoms with Gasteiger partial charge in [-0.25, -0.2) is 0 Å². The molecule has 7 heteroatoms. The van der Waals surface area contributed by atoms with Gasteiger partial charge in [0.25, 0.3) is 0 Å². The number of allylic oxidation sites excluding steroid dienone is 2. The van der Waals surface area contributed by atoms with Gasteiger partial charge in [0.05, 0.1) is 10.6 Å². The SMILES string of the molecule is CC1=NC2=C(C(=O)CC(c3ccco3)C2)C(c2ccc(Cl)s2)C1C(=O)O. The fourth-order valence-corrected chi connectivity index (χ4v) is 5.12. The van der Waals surface area contributed by atoms with Crippen molar-refractivity contribution < 1.29 is 19.1 Å². The normalized spacial score (nSPS) is 25.8. The molecular weight excluding hydrogens is 374 g/mol. The number of aliphatic carboxylic acids is 1. The predicted molar refractivity (Wildman–Crippen MR) is 99.0 cm³/mol. The van der Waals surface area contributed by atoms with Crippen LogP contribution >= 0.6 is 22.9 Å². The van der Waals surface area contributed by atoms with Crippen LogP contribution in [0.2, 0.25) is 4.34 Å². The predicted octanol–water partition coefficient (Wildman–Crippen LogP) is 4.65. The standard InChI is InChI=1S/C19H16ClNO4S/c1-9-16(19(23)24)18(14-4-5-15(20)26-14)17-11(21-9)7-10(8-12(17)22)13-3-2-6-25-13/h2-6,10,16,18H,7-8H2,1H3,(H,23,24). The second-order valence-corrected chi connectivity index (χ2v) is 8.34. The number of carbonyl (C=O) groups excluding carboxylic acids is 1. The minimum atomic E-state index is -0.978. The maximum absolute atomic E-state index is 13.0. The van der Waals surface area contributed by atoms with Crippen LogP contribution in [0.1, 0.15) is 42.2 Å². The Morgan fingerprint density at radius 3 is 2.77 bits per heavy atom. The molecule has 3 unspecified atom stereocenters. The second kappa shape index (κ2) is 6.52. The summed E-state index contributed by atoms with van der Waals surface area (Å²) in [7, 11) is 0. The third kappa shape index (κ3) is 2.83. The topological polar surface area (TPSA) is 79.9 Å². The number of aliphatic imine (C=N–C) groups is 1. The van der Waals surface area contributed by atoms with Crippen LogP contribution in [-0.2, 0) is 9.59 Å². The minimum Gasteiger partial charge on any atom is -0.481 e. The molecular formula is C19H16ClNO4S. The molecule has 1 aliphatic heterocycles. The summed E-state index contributed by atoms with van der Waals surface area (Å²) < 4.78 is 6.04. The van der Waals surface area contributed by atoms with Crippen LogP contribution in [-0.4, -0.2) is 22.6 Å². The molecule has 134 valence electrons. The highest BCUT2D eigenvalue weighted by Crippen LogP contribution is 2.48. The maximum Gasteiger partial charge on any atom is 0.313 e. The second-order valence-electron chi connectivity index (χ2n) is 6.59. The Balaban J connectivity index is 1.82. The molecule has 0 spiro atoms. The zero-order valence-corrected chi connectivity index (χ0v) is 15.5. The molecule has 0 amide bonds. The first kappa shape index (κ1) is 17.2. The molecule has 4 rings (SSSR count). The number of halogens is 1. The monoisotopic (exact) mass is 389 g/mol. The van der Waals surface area contributed by atoms with Gasteiger partial charge in [0.1, 0.15) is 11.7 Å². The molecule has 0 saturated heterocycles. The summed E-state index contributed by atoms with van der Waals surface area (Å²) in [5, 5.41) is 9.77. The number of hydrogen-bond donors (Lipinski definition) is 1. The van der Waals surface area contributed by atoms with Gasteiger partial charge in [-0.05, 0) is 31.2 Å². The molecule has 26 heavy (non-hydrogen) atoms. The molecule has 5 nitrogen and oxygen atoms in total. The van der Waals surface area contributed by atoms with Gasteiger partial charge in [-0.1, -0.05) is 11.6 Å². The Bertz CT molecular complexity index is 941. The first-order valence-electron chi connectivity index (χ1n) is 8.28. The molecule has 0 saturated carbocycles. The molecule has 3 atom stereocenters. The van der Waals surface area contributed by atoms with E-state index >= 15 is 0 Å². The van der Waals surface area contributed by atoms with Crippen LogP contribution in [0.4, 0.5) is 0 Å². The van der Waals surface area contributed by atoms with Crippen LogP contribution in [0.15, 0.2) is 51.2 Å². The summed E-state index contributed by atoms with van der Waals surface area (Å²) in [6.07, 6.45) is 2.45. The van der Waals surface area contributed by atoms with E-state index in [0.29, 0.717) is 34.2 Å². The molecule has 2 aromatic rings. The Hall–Kier alpha value is -2.18. The van der Waals surface area contributed by atoms with E-state index in [4.69, 9.17) is 16.0 Å². The number of Topliss-reactive ketones (excluding diaryl/α,β-unsaturated/α-hetero) is 1. The minimum absolute atomic E-state index is 0.0651. The van der Waals surface area contributed by atoms with Gasteiger partial charge in [0.2, 0.25) is 0 Å².